The summed E-state index contributed by atoms with van der Waals surface area (Å²) in [5.74, 6) is -0.451. The van der Waals surface area contributed by atoms with Gasteiger partial charge in [0.15, 0.2) is 0 Å². The standard InChI is InChI=1S/C22H26N4O4/c1-2-30-21(28)17-13-16(17)14-26(12-11-25-10-9-23-22(25)29)20(27)19-8-7-15-5-3-4-6-18(15)24-19/h3-8,16-17H,2,9-14H2,1H3,(H,23,29). The average molecular weight is 410 g/mol. The maximum Gasteiger partial charge on any atom is 0.317 e. The minimum absolute atomic E-state index is 0.0841. The summed E-state index contributed by atoms with van der Waals surface area (Å²) in [7, 11) is 0. The molecule has 1 saturated heterocycles. The van der Waals surface area contributed by atoms with Gasteiger partial charge in [-0.1, -0.05) is 24.3 Å². The lowest BCUT2D eigenvalue weighted by molar-refractivity contribution is -0.145. The molecule has 0 bridgehead atoms. The van der Waals surface area contributed by atoms with Crippen LogP contribution in [0.25, 0.3) is 10.9 Å². The van der Waals surface area contributed by atoms with Crippen LogP contribution in [-0.2, 0) is 9.53 Å². The van der Waals surface area contributed by atoms with Crippen molar-refractivity contribution in [3.8, 4) is 0 Å². The van der Waals surface area contributed by atoms with Crippen molar-refractivity contribution in [2.45, 2.75) is 13.3 Å². The predicted octanol–water partition coefficient (Wildman–Crippen LogP) is 1.90. The lowest BCUT2D eigenvalue weighted by Crippen LogP contribution is -2.41. The Labute approximate surface area is 175 Å². The molecule has 0 spiro atoms. The number of benzene rings is 1. The zero-order chi connectivity index (χ0) is 21.1. The molecule has 1 saturated carbocycles. The molecule has 1 aromatic heterocycles. The van der Waals surface area contributed by atoms with Gasteiger partial charge >= 0.3 is 12.0 Å². The number of aromatic nitrogens is 1. The zero-order valence-corrected chi connectivity index (χ0v) is 17.0. The molecule has 8 heteroatoms. The molecule has 8 nitrogen and oxygen atoms in total. The average Bonchev–Trinajstić information content (AvgIpc) is 3.42. The molecule has 0 radical (unpaired) electrons. The molecule has 2 atom stereocenters. The van der Waals surface area contributed by atoms with E-state index in [-0.39, 0.29) is 29.7 Å². The molecule has 1 aromatic carbocycles. The number of pyridine rings is 1. The molecule has 3 amide bonds. The Morgan fingerprint density at radius 1 is 1.27 bits per heavy atom. The third-order valence-corrected chi connectivity index (χ3v) is 5.66. The molecule has 2 unspecified atom stereocenters. The Morgan fingerprint density at radius 3 is 2.87 bits per heavy atom. The fraction of sp³-hybridized carbons (Fsp3) is 0.455. The van der Waals surface area contributed by atoms with E-state index < -0.39 is 0 Å². The molecule has 1 aliphatic carbocycles. The lowest BCUT2D eigenvalue weighted by atomic mass is 10.2. The molecular weight excluding hydrogens is 384 g/mol. The van der Waals surface area contributed by atoms with Crippen LogP contribution in [0.1, 0.15) is 23.8 Å². The van der Waals surface area contributed by atoms with Crippen LogP contribution in [0.4, 0.5) is 4.79 Å². The van der Waals surface area contributed by atoms with Gasteiger partial charge in [0, 0.05) is 38.1 Å². The van der Waals surface area contributed by atoms with Gasteiger partial charge in [-0.2, -0.15) is 0 Å². The van der Waals surface area contributed by atoms with Crippen LogP contribution in [0.3, 0.4) is 0 Å². The summed E-state index contributed by atoms with van der Waals surface area (Å²) < 4.78 is 5.11. The van der Waals surface area contributed by atoms with E-state index in [9.17, 15) is 14.4 Å². The Hall–Kier alpha value is -3.16. The lowest BCUT2D eigenvalue weighted by Gasteiger charge is -2.25. The predicted molar refractivity (Wildman–Crippen MR) is 111 cm³/mol. The molecular formula is C22H26N4O4. The summed E-state index contributed by atoms with van der Waals surface area (Å²) in [6.45, 7) is 4.69. The second-order valence-electron chi connectivity index (χ2n) is 7.71. The van der Waals surface area contributed by atoms with Gasteiger partial charge in [-0.25, -0.2) is 9.78 Å². The number of hydrogen-bond acceptors (Lipinski definition) is 5. The van der Waals surface area contributed by atoms with E-state index in [4.69, 9.17) is 4.74 Å². The van der Waals surface area contributed by atoms with E-state index in [0.29, 0.717) is 45.0 Å². The van der Waals surface area contributed by atoms with E-state index in [2.05, 4.69) is 10.3 Å². The van der Waals surface area contributed by atoms with Crippen molar-refractivity contribution < 1.29 is 19.1 Å². The normalized spacial score (nSPS) is 20.2. The van der Waals surface area contributed by atoms with Gasteiger partial charge in [0.2, 0.25) is 0 Å². The fourth-order valence-corrected chi connectivity index (χ4v) is 3.86. The molecule has 1 aliphatic heterocycles. The topological polar surface area (TPSA) is 91.8 Å². The molecule has 2 aliphatic rings. The van der Waals surface area contributed by atoms with Gasteiger partial charge in [-0.15, -0.1) is 0 Å². The van der Waals surface area contributed by atoms with Crippen molar-refractivity contribution in [2.75, 3.05) is 39.3 Å². The van der Waals surface area contributed by atoms with E-state index in [1.54, 1.807) is 22.8 Å². The van der Waals surface area contributed by atoms with E-state index in [1.807, 2.05) is 30.3 Å². The smallest absolute Gasteiger partial charge is 0.317 e. The number of esters is 1. The highest BCUT2D eigenvalue weighted by Crippen LogP contribution is 2.40. The molecule has 2 fully saturated rings. The maximum atomic E-state index is 13.3. The first-order valence-electron chi connectivity index (χ1n) is 10.4. The Morgan fingerprint density at radius 2 is 2.10 bits per heavy atom. The summed E-state index contributed by atoms with van der Waals surface area (Å²) in [6, 6.07) is 11.2. The second kappa shape index (κ2) is 8.69. The number of urea groups is 1. The molecule has 158 valence electrons. The van der Waals surface area contributed by atoms with Gasteiger partial charge in [-0.3, -0.25) is 9.59 Å². The van der Waals surface area contributed by atoms with Crippen LogP contribution >= 0.6 is 0 Å². The van der Waals surface area contributed by atoms with Gasteiger partial charge in [0.25, 0.3) is 5.91 Å². The second-order valence-corrected chi connectivity index (χ2v) is 7.71. The number of ether oxygens (including phenoxy) is 1. The summed E-state index contributed by atoms with van der Waals surface area (Å²) in [5, 5.41) is 3.74. The van der Waals surface area contributed by atoms with Crippen molar-refractivity contribution in [1.29, 1.82) is 0 Å². The van der Waals surface area contributed by atoms with Crippen molar-refractivity contribution in [2.24, 2.45) is 11.8 Å². The first kappa shape index (κ1) is 20.1. The Kier molecular flexibility index (Phi) is 5.83. The number of hydrogen-bond donors (Lipinski definition) is 1. The molecule has 2 aromatic rings. The highest BCUT2D eigenvalue weighted by molar-refractivity contribution is 5.95. The summed E-state index contributed by atoms with van der Waals surface area (Å²) in [6.07, 6.45) is 0.720. The van der Waals surface area contributed by atoms with Crippen LogP contribution in [-0.4, -0.2) is 72.0 Å². The largest absolute Gasteiger partial charge is 0.466 e. The maximum absolute atomic E-state index is 13.3. The number of fused-ring (bicyclic) bond motifs is 1. The third-order valence-electron chi connectivity index (χ3n) is 5.66. The minimum Gasteiger partial charge on any atom is -0.466 e. The van der Waals surface area contributed by atoms with E-state index >= 15 is 0 Å². The first-order valence-corrected chi connectivity index (χ1v) is 10.4. The number of nitrogens with zero attached hydrogens (tertiary/aromatic N) is 3. The fourth-order valence-electron chi connectivity index (χ4n) is 3.86. The number of nitrogens with one attached hydrogen (secondary N) is 1. The summed E-state index contributed by atoms with van der Waals surface area (Å²) in [5.41, 5.74) is 1.13. The number of rotatable bonds is 8. The number of carbonyl (C=O) groups excluding carboxylic acids is 3. The van der Waals surface area contributed by atoms with Gasteiger partial charge in [0.1, 0.15) is 5.69 Å². The Bertz CT molecular complexity index is 963. The molecule has 4 rings (SSSR count). The summed E-state index contributed by atoms with van der Waals surface area (Å²) >= 11 is 0. The van der Waals surface area contributed by atoms with Crippen molar-refractivity contribution in [1.82, 2.24) is 20.1 Å². The quantitative estimate of drug-likeness (QED) is 0.671. The van der Waals surface area contributed by atoms with E-state index in [0.717, 1.165) is 17.3 Å². The van der Waals surface area contributed by atoms with Crippen LogP contribution in [0.15, 0.2) is 36.4 Å². The van der Waals surface area contributed by atoms with Crippen molar-refractivity contribution in [3.05, 3.63) is 42.1 Å². The number of para-hydroxylation sites is 1. The van der Waals surface area contributed by atoms with Crippen LogP contribution in [0, 0.1) is 11.8 Å². The number of carbonyl (C=O) groups is 3. The first-order chi connectivity index (χ1) is 14.6. The van der Waals surface area contributed by atoms with E-state index in [1.165, 1.54) is 0 Å². The van der Waals surface area contributed by atoms with Gasteiger partial charge < -0.3 is 19.9 Å². The van der Waals surface area contributed by atoms with Crippen molar-refractivity contribution >= 4 is 28.8 Å². The van der Waals surface area contributed by atoms with Gasteiger partial charge in [0.05, 0.1) is 18.0 Å². The number of amides is 3. The molecule has 1 N–H and O–H groups in total. The highest BCUT2D eigenvalue weighted by Gasteiger charge is 2.45. The monoisotopic (exact) mass is 410 g/mol. The van der Waals surface area contributed by atoms with Crippen LogP contribution in [0.2, 0.25) is 0 Å². The van der Waals surface area contributed by atoms with Gasteiger partial charge in [-0.05, 0) is 31.4 Å². The third kappa shape index (κ3) is 4.37. The highest BCUT2D eigenvalue weighted by atomic mass is 16.5. The summed E-state index contributed by atoms with van der Waals surface area (Å²) in [4.78, 5) is 45.1. The molecule has 2 heterocycles. The van der Waals surface area contributed by atoms with Crippen LogP contribution < -0.4 is 5.32 Å². The van der Waals surface area contributed by atoms with Crippen LogP contribution in [0.5, 0.6) is 0 Å². The van der Waals surface area contributed by atoms with Crippen molar-refractivity contribution in [3.63, 3.8) is 0 Å². The SMILES string of the molecule is CCOC(=O)C1CC1CN(CCN1CCNC1=O)C(=O)c1ccc2ccccc2n1. The minimum atomic E-state index is -0.197. The zero-order valence-electron chi connectivity index (χ0n) is 17.0. The Balaban J connectivity index is 1.48. The molecule has 30 heavy (non-hydrogen) atoms.